The van der Waals surface area contributed by atoms with Crippen LogP contribution < -0.4 is 5.32 Å². The summed E-state index contributed by atoms with van der Waals surface area (Å²) in [6.45, 7) is 3.59. The summed E-state index contributed by atoms with van der Waals surface area (Å²) >= 11 is 0. The molecule has 3 rings (SSSR count). The van der Waals surface area contributed by atoms with Crippen LogP contribution in [0, 0.1) is 6.92 Å². The first kappa shape index (κ1) is 16.1. The molecule has 1 N–H and O–H groups in total. The number of fused-ring (bicyclic) bond motifs is 2. The first-order valence-corrected chi connectivity index (χ1v) is 6.60. The molecule has 2 heterocycles. The van der Waals surface area contributed by atoms with Crippen LogP contribution in [0.1, 0.15) is 27.0 Å². The highest BCUT2D eigenvalue weighted by Gasteiger charge is 2.38. The molecule has 0 spiro atoms. The SMILES string of the molecule is Cc1cc(C(F)(F)F)cc2c1C[C@@H]1CNCCN1C2=O.Cl. The van der Waals surface area contributed by atoms with Crippen LogP contribution in [0.3, 0.4) is 0 Å². The Morgan fingerprint density at radius 2 is 2.05 bits per heavy atom. The van der Waals surface area contributed by atoms with Crippen LogP contribution in [0.4, 0.5) is 13.2 Å². The molecule has 21 heavy (non-hydrogen) atoms. The Kier molecular flexibility index (Phi) is 4.22. The van der Waals surface area contributed by atoms with E-state index in [9.17, 15) is 18.0 Å². The highest BCUT2D eigenvalue weighted by Crippen LogP contribution is 2.35. The fourth-order valence-corrected chi connectivity index (χ4v) is 3.04. The molecule has 7 heteroatoms. The minimum atomic E-state index is -4.42. The van der Waals surface area contributed by atoms with Crippen LogP contribution in [0.5, 0.6) is 0 Å². The molecule has 2 aliphatic rings. The number of piperazine rings is 1. The Hall–Kier alpha value is -1.27. The molecular formula is C14H16ClF3N2O. The summed E-state index contributed by atoms with van der Waals surface area (Å²) in [7, 11) is 0. The van der Waals surface area contributed by atoms with Crippen molar-refractivity contribution in [3.8, 4) is 0 Å². The van der Waals surface area contributed by atoms with Crippen LogP contribution in [0.25, 0.3) is 0 Å². The van der Waals surface area contributed by atoms with Crippen molar-refractivity contribution in [1.82, 2.24) is 10.2 Å². The summed E-state index contributed by atoms with van der Waals surface area (Å²) < 4.78 is 38.6. The summed E-state index contributed by atoms with van der Waals surface area (Å²) in [5.74, 6) is -0.271. The number of alkyl halides is 3. The predicted molar refractivity (Wildman–Crippen MR) is 74.8 cm³/mol. The first-order valence-electron chi connectivity index (χ1n) is 6.60. The Balaban J connectivity index is 0.00000161. The maximum absolute atomic E-state index is 12.9. The molecule has 0 unspecified atom stereocenters. The number of carbonyl (C=O) groups is 1. The maximum atomic E-state index is 12.9. The number of carbonyl (C=O) groups excluding carboxylic acids is 1. The molecule has 2 aliphatic heterocycles. The second-order valence-electron chi connectivity index (χ2n) is 5.38. The topological polar surface area (TPSA) is 32.3 Å². The summed E-state index contributed by atoms with van der Waals surface area (Å²) in [6, 6.07) is 2.19. The van der Waals surface area contributed by atoms with E-state index in [1.807, 2.05) is 0 Å². The van der Waals surface area contributed by atoms with Crippen LogP contribution >= 0.6 is 12.4 Å². The van der Waals surface area contributed by atoms with Crippen LogP contribution in [-0.4, -0.2) is 36.5 Å². The zero-order valence-corrected chi connectivity index (χ0v) is 12.3. The molecule has 0 bridgehead atoms. The molecule has 1 fully saturated rings. The number of hydrogen-bond donors (Lipinski definition) is 1. The second kappa shape index (κ2) is 5.50. The number of amides is 1. The molecule has 0 radical (unpaired) electrons. The zero-order chi connectivity index (χ0) is 14.5. The monoisotopic (exact) mass is 320 g/mol. The lowest BCUT2D eigenvalue weighted by molar-refractivity contribution is -0.137. The van der Waals surface area contributed by atoms with E-state index < -0.39 is 11.7 Å². The van der Waals surface area contributed by atoms with Crippen molar-refractivity contribution in [2.45, 2.75) is 25.6 Å². The van der Waals surface area contributed by atoms with Gasteiger partial charge in [0.2, 0.25) is 0 Å². The van der Waals surface area contributed by atoms with Gasteiger partial charge in [0.05, 0.1) is 5.56 Å². The lowest BCUT2D eigenvalue weighted by Crippen LogP contribution is -2.56. The van der Waals surface area contributed by atoms with Crippen molar-refractivity contribution in [3.63, 3.8) is 0 Å². The highest BCUT2D eigenvalue weighted by molar-refractivity contribution is 5.97. The molecule has 1 atom stereocenters. The van der Waals surface area contributed by atoms with E-state index in [0.29, 0.717) is 31.6 Å². The Labute approximate surface area is 126 Å². The molecule has 1 amide bonds. The number of nitrogens with zero attached hydrogens (tertiary/aromatic N) is 1. The Morgan fingerprint density at radius 1 is 1.33 bits per heavy atom. The number of nitrogens with one attached hydrogen (secondary N) is 1. The predicted octanol–water partition coefficient (Wildman–Crippen LogP) is 2.41. The first-order chi connectivity index (χ1) is 9.38. The summed E-state index contributed by atoms with van der Waals surface area (Å²) in [5.41, 5.74) is 0.785. The van der Waals surface area contributed by atoms with E-state index in [1.165, 1.54) is 0 Å². The minimum absolute atomic E-state index is 0. The van der Waals surface area contributed by atoms with Gasteiger partial charge in [0.25, 0.3) is 5.91 Å². The van der Waals surface area contributed by atoms with E-state index in [1.54, 1.807) is 11.8 Å². The van der Waals surface area contributed by atoms with Gasteiger partial charge >= 0.3 is 6.18 Å². The lowest BCUT2D eigenvalue weighted by atomic mass is 9.87. The van der Waals surface area contributed by atoms with Crippen molar-refractivity contribution in [2.24, 2.45) is 0 Å². The van der Waals surface area contributed by atoms with E-state index in [-0.39, 0.29) is 29.9 Å². The van der Waals surface area contributed by atoms with Gasteiger partial charge in [-0.25, -0.2) is 0 Å². The lowest BCUT2D eigenvalue weighted by Gasteiger charge is -2.41. The van der Waals surface area contributed by atoms with Gasteiger partial charge < -0.3 is 10.2 Å². The quantitative estimate of drug-likeness (QED) is 0.796. The normalized spacial score (nSPS) is 21.4. The number of halogens is 4. The second-order valence-corrected chi connectivity index (χ2v) is 5.38. The molecule has 1 aromatic carbocycles. The highest BCUT2D eigenvalue weighted by atomic mass is 35.5. The molecular weight excluding hydrogens is 305 g/mol. The van der Waals surface area contributed by atoms with Crippen molar-refractivity contribution < 1.29 is 18.0 Å². The Bertz CT molecular complexity index is 574. The number of benzene rings is 1. The third kappa shape index (κ3) is 2.74. The molecule has 1 saturated heterocycles. The molecule has 3 nitrogen and oxygen atoms in total. The molecule has 0 saturated carbocycles. The van der Waals surface area contributed by atoms with Gasteiger partial charge in [-0.05, 0) is 36.6 Å². The average Bonchev–Trinajstić information content (AvgIpc) is 2.39. The van der Waals surface area contributed by atoms with E-state index in [4.69, 9.17) is 0 Å². The van der Waals surface area contributed by atoms with Gasteiger partial charge in [-0.15, -0.1) is 12.4 Å². The van der Waals surface area contributed by atoms with Gasteiger partial charge in [-0.1, -0.05) is 0 Å². The van der Waals surface area contributed by atoms with Gasteiger partial charge in [-0.3, -0.25) is 4.79 Å². The van der Waals surface area contributed by atoms with Crippen molar-refractivity contribution in [2.75, 3.05) is 19.6 Å². The standard InChI is InChI=1S/C14H15F3N2O.ClH/c1-8-4-9(14(15,16)17)5-12-11(8)6-10-7-18-2-3-19(10)13(12)20;/h4-5,10,18H,2-3,6-7H2,1H3;1H/t10-;/m1./s1. The van der Waals surface area contributed by atoms with E-state index in [2.05, 4.69) is 5.32 Å². The van der Waals surface area contributed by atoms with E-state index >= 15 is 0 Å². The third-order valence-corrected chi connectivity index (χ3v) is 4.08. The zero-order valence-electron chi connectivity index (χ0n) is 11.5. The smallest absolute Gasteiger partial charge is 0.333 e. The molecule has 1 aromatic rings. The minimum Gasteiger partial charge on any atom is -0.333 e. The molecule has 116 valence electrons. The molecule has 0 aliphatic carbocycles. The van der Waals surface area contributed by atoms with Crippen LogP contribution in [0.2, 0.25) is 0 Å². The van der Waals surface area contributed by atoms with E-state index in [0.717, 1.165) is 17.7 Å². The van der Waals surface area contributed by atoms with Gasteiger partial charge in [0, 0.05) is 31.2 Å². The average molecular weight is 321 g/mol. The van der Waals surface area contributed by atoms with Crippen molar-refractivity contribution in [1.29, 1.82) is 0 Å². The largest absolute Gasteiger partial charge is 0.416 e. The van der Waals surface area contributed by atoms with Crippen LogP contribution in [0.15, 0.2) is 12.1 Å². The van der Waals surface area contributed by atoms with Gasteiger partial charge in [0.15, 0.2) is 0 Å². The Morgan fingerprint density at radius 3 is 2.71 bits per heavy atom. The van der Waals surface area contributed by atoms with Gasteiger partial charge in [-0.2, -0.15) is 13.2 Å². The van der Waals surface area contributed by atoms with Crippen molar-refractivity contribution in [3.05, 3.63) is 34.4 Å². The summed E-state index contributed by atoms with van der Waals surface area (Å²) in [5, 5.41) is 3.22. The number of hydrogen-bond acceptors (Lipinski definition) is 2. The number of aryl methyl sites for hydroxylation is 1. The summed E-state index contributed by atoms with van der Waals surface area (Å²) in [6.07, 6.45) is -3.79. The third-order valence-electron chi connectivity index (χ3n) is 4.08. The van der Waals surface area contributed by atoms with Gasteiger partial charge in [0.1, 0.15) is 0 Å². The molecule has 0 aromatic heterocycles. The summed E-state index contributed by atoms with van der Waals surface area (Å²) in [4.78, 5) is 14.1. The maximum Gasteiger partial charge on any atom is 0.416 e. The van der Waals surface area contributed by atoms with Crippen molar-refractivity contribution >= 4 is 18.3 Å². The van der Waals surface area contributed by atoms with Crippen LogP contribution in [-0.2, 0) is 12.6 Å². The number of rotatable bonds is 0. The fraction of sp³-hybridized carbons (Fsp3) is 0.500. The fourth-order valence-electron chi connectivity index (χ4n) is 3.04.